The van der Waals surface area contributed by atoms with E-state index < -0.39 is 11.9 Å². The molecule has 2 amide bonds. The number of anilines is 1. The Bertz CT molecular complexity index is 1840. The van der Waals surface area contributed by atoms with Crippen molar-refractivity contribution in [3.05, 3.63) is 120 Å². The van der Waals surface area contributed by atoms with E-state index in [2.05, 4.69) is 20.6 Å². The highest BCUT2D eigenvalue weighted by molar-refractivity contribution is 6.07. The van der Waals surface area contributed by atoms with Gasteiger partial charge in [0.25, 0.3) is 11.8 Å². The van der Waals surface area contributed by atoms with Crippen LogP contribution in [-0.2, 0) is 0 Å². The average molecular weight is 603 g/mol. The zero-order valence-corrected chi connectivity index (χ0v) is 24.2. The highest BCUT2D eigenvalue weighted by Crippen LogP contribution is 2.30. The van der Waals surface area contributed by atoms with Gasteiger partial charge in [-0.3, -0.25) is 14.6 Å². The molecule has 1 fully saturated rings. The number of amides is 2. The third-order valence-corrected chi connectivity index (χ3v) is 7.66. The summed E-state index contributed by atoms with van der Waals surface area (Å²) >= 11 is 0. The fraction of sp³-hybridized carbons (Fsp3) is 0.171. The molecule has 1 aliphatic carbocycles. The molecule has 2 heterocycles. The number of carbonyl (C=O) groups excluding carboxylic acids is 2. The van der Waals surface area contributed by atoms with Gasteiger partial charge in [0.1, 0.15) is 11.5 Å². The van der Waals surface area contributed by atoms with Crippen molar-refractivity contribution in [2.75, 3.05) is 5.32 Å². The molecule has 1 aliphatic rings. The number of nitrogens with zero attached hydrogens (tertiary/aromatic N) is 2. The third kappa shape index (κ3) is 7.24. The fourth-order valence-electron chi connectivity index (χ4n) is 5.30. The van der Waals surface area contributed by atoms with Gasteiger partial charge in [0, 0.05) is 36.3 Å². The summed E-state index contributed by atoms with van der Waals surface area (Å²) in [5.74, 6) is 0.00814. The summed E-state index contributed by atoms with van der Waals surface area (Å²) in [5, 5.41) is 17.0. The Hall–Kier alpha value is -5.77. The van der Waals surface area contributed by atoms with Gasteiger partial charge in [-0.15, -0.1) is 0 Å². The molecule has 0 radical (unpaired) electrons. The molecule has 0 unspecified atom stereocenters. The van der Waals surface area contributed by atoms with Gasteiger partial charge < -0.3 is 25.2 Å². The topological polar surface area (TPSA) is 140 Å². The van der Waals surface area contributed by atoms with Crippen LogP contribution >= 0.6 is 0 Å². The normalized spacial score (nSPS) is 16.0. The van der Waals surface area contributed by atoms with Crippen LogP contribution in [0.15, 0.2) is 104 Å². The number of aromatic carboxylic acids is 1. The van der Waals surface area contributed by atoms with E-state index in [1.165, 1.54) is 18.3 Å². The summed E-state index contributed by atoms with van der Waals surface area (Å²) < 4.78 is 12.2. The molecule has 0 bridgehead atoms. The zero-order valence-electron chi connectivity index (χ0n) is 24.2. The van der Waals surface area contributed by atoms with Gasteiger partial charge in [0.2, 0.25) is 5.88 Å². The van der Waals surface area contributed by atoms with Crippen LogP contribution in [-0.4, -0.2) is 45.0 Å². The van der Waals surface area contributed by atoms with E-state index in [4.69, 9.17) is 9.47 Å². The summed E-state index contributed by atoms with van der Waals surface area (Å²) in [7, 11) is 0. The predicted molar refractivity (Wildman–Crippen MR) is 168 cm³/mol. The van der Waals surface area contributed by atoms with Crippen LogP contribution < -0.4 is 20.1 Å². The Balaban J connectivity index is 1.02. The second-order valence-corrected chi connectivity index (χ2v) is 10.8. The Morgan fingerprint density at radius 3 is 2.18 bits per heavy atom. The molecule has 6 rings (SSSR count). The smallest absolute Gasteiger partial charge is 0.337 e. The van der Waals surface area contributed by atoms with Gasteiger partial charge in [0.05, 0.1) is 22.9 Å². The number of para-hydroxylation sites is 1. The maximum absolute atomic E-state index is 12.6. The predicted octanol–water partition coefficient (Wildman–Crippen LogP) is 6.49. The lowest BCUT2D eigenvalue weighted by atomic mass is 9.92. The van der Waals surface area contributed by atoms with Crippen LogP contribution in [0.25, 0.3) is 10.8 Å². The van der Waals surface area contributed by atoms with Gasteiger partial charge >= 0.3 is 5.97 Å². The monoisotopic (exact) mass is 602 g/mol. The number of pyridine rings is 2. The Morgan fingerprint density at radius 2 is 1.47 bits per heavy atom. The highest BCUT2D eigenvalue weighted by atomic mass is 16.5. The zero-order chi connectivity index (χ0) is 31.2. The summed E-state index contributed by atoms with van der Waals surface area (Å²) in [6, 6.07) is 24.5. The van der Waals surface area contributed by atoms with Crippen LogP contribution in [0, 0.1) is 0 Å². The minimum atomic E-state index is -1.13. The number of nitrogens with one attached hydrogen (secondary N) is 2. The SMILES string of the molecule is O=C(Nc1ccccc1C(=O)O)c1ccc(Oc2ccc3cc(OC4CCC(NC(=O)c5ccncc5)CC4)ccc3c2)nc1. The van der Waals surface area contributed by atoms with Gasteiger partial charge in [-0.25, -0.2) is 9.78 Å². The number of ether oxygens (including phenoxy) is 2. The maximum Gasteiger partial charge on any atom is 0.337 e. The van der Waals surface area contributed by atoms with Crippen molar-refractivity contribution in [1.82, 2.24) is 15.3 Å². The van der Waals surface area contributed by atoms with E-state index >= 15 is 0 Å². The van der Waals surface area contributed by atoms with E-state index in [0.29, 0.717) is 17.2 Å². The molecule has 0 saturated heterocycles. The maximum atomic E-state index is 12.6. The van der Waals surface area contributed by atoms with Crippen molar-refractivity contribution in [1.29, 1.82) is 0 Å². The van der Waals surface area contributed by atoms with Crippen molar-refractivity contribution >= 4 is 34.2 Å². The fourth-order valence-corrected chi connectivity index (χ4v) is 5.30. The lowest BCUT2D eigenvalue weighted by Gasteiger charge is -2.29. The third-order valence-electron chi connectivity index (χ3n) is 7.66. The average Bonchev–Trinajstić information content (AvgIpc) is 3.06. The Morgan fingerprint density at radius 1 is 0.756 bits per heavy atom. The molecule has 0 atom stereocenters. The van der Waals surface area contributed by atoms with Gasteiger partial charge in [-0.2, -0.15) is 0 Å². The molecule has 2 aromatic heterocycles. The number of hydrogen-bond donors (Lipinski definition) is 3. The number of aromatic nitrogens is 2. The largest absolute Gasteiger partial charge is 0.490 e. The van der Waals surface area contributed by atoms with E-state index in [9.17, 15) is 19.5 Å². The second kappa shape index (κ2) is 13.3. The Kier molecular flexibility index (Phi) is 8.63. The van der Waals surface area contributed by atoms with Crippen molar-refractivity contribution < 1.29 is 29.0 Å². The molecule has 5 aromatic rings. The summed E-state index contributed by atoms with van der Waals surface area (Å²) in [6.45, 7) is 0. The van der Waals surface area contributed by atoms with E-state index in [-0.39, 0.29) is 34.9 Å². The van der Waals surface area contributed by atoms with Crippen LogP contribution in [0.5, 0.6) is 17.4 Å². The summed E-state index contributed by atoms with van der Waals surface area (Å²) in [4.78, 5) is 44.7. The van der Waals surface area contributed by atoms with Crippen LogP contribution in [0.2, 0.25) is 0 Å². The second-order valence-electron chi connectivity index (χ2n) is 10.8. The molecule has 1 saturated carbocycles. The number of benzene rings is 3. The van der Waals surface area contributed by atoms with Crippen LogP contribution in [0.4, 0.5) is 5.69 Å². The molecular formula is C35H30N4O6. The molecule has 3 aromatic carbocycles. The summed E-state index contributed by atoms with van der Waals surface area (Å²) in [5.41, 5.74) is 1.08. The lowest BCUT2D eigenvalue weighted by molar-refractivity contribution is 0.0697. The number of hydrogen-bond acceptors (Lipinski definition) is 7. The molecule has 45 heavy (non-hydrogen) atoms. The molecule has 3 N–H and O–H groups in total. The van der Waals surface area contributed by atoms with Crippen LogP contribution in [0.3, 0.4) is 0 Å². The minimum absolute atomic E-state index is 0.000671. The molecule has 10 heteroatoms. The standard InChI is InChI=1S/C35H30N4O6/c40-33(22-15-17-36-18-16-22)38-26-8-12-27(13-9-26)44-28-10-5-24-20-29(11-6-23(24)19-28)45-32-14-7-25(21-37-32)34(41)39-31-4-2-1-3-30(31)35(42)43/h1-7,10-11,14-21,26-27H,8-9,12-13H2,(H,38,40)(H,39,41)(H,42,43). The lowest BCUT2D eigenvalue weighted by Crippen LogP contribution is -2.39. The van der Waals surface area contributed by atoms with Crippen molar-refractivity contribution in [2.45, 2.75) is 37.8 Å². The van der Waals surface area contributed by atoms with Gasteiger partial charge in [0.15, 0.2) is 0 Å². The highest BCUT2D eigenvalue weighted by Gasteiger charge is 2.24. The van der Waals surface area contributed by atoms with E-state index in [1.807, 2.05) is 36.4 Å². The Labute approximate surface area is 259 Å². The molecule has 0 aliphatic heterocycles. The van der Waals surface area contributed by atoms with E-state index in [1.54, 1.807) is 48.8 Å². The first kappa shape index (κ1) is 29.3. The molecular weight excluding hydrogens is 572 g/mol. The first-order valence-electron chi connectivity index (χ1n) is 14.6. The van der Waals surface area contributed by atoms with Crippen molar-refractivity contribution in [3.63, 3.8) is 0 Å². The summed E-state index contributed by atoms with van der Waals surface area (Å²) in [6.07, 6.45) is 8.12. The number of rotatable bonds is 9. The number of carbonyl (C=O) groups is 3. The number of carboxylic acid groups (broad SMARTS) is 1. The minimum Gasteiger partial charge on any atom is -0.490 e. The van der Waals surface area contributed by atoms with Crippen LogP contribution in [0.1, 0.15) is 56.8 Å². The van der Waals surface area contributed by atoms with Crippen molar-refractivity contribution in [3.8, 4) is 17.4 Å². The number of carboxylic acids is 1. The van der Waals surface area contributed by atoms with Crippen molar-refractivity contribution in [2.24, 2.45) is 0 Å². The van der Waals surface area contributed by atoms with Gasteiger partial charge in [-0.1, -0.05) is 24.3 Å². The van der Waals surface area contributed by atoms with Gasteiger partial charge in [-0.05, 0) is 91.1 Å². The number of fused-ring (bicyclic) bond motifs is 1. The van der Waals surface area contributed by atoms with E-state index in [0.717, 1.165) is 42.2 Å². The molecule has 10 nitrogen and oxygen atoms in total. The first-order chi connectivity index (χ1) is 21.9. The quantitative estimate of drug-likeness (QED) is 0.174. The first-order valence-corrected chi connectivity index (χ1v) is 14.6. The molecule has 226 valence electrons. The molecule has 0 spiro atoms.